The summed E-state index contributed by atoms with van der Waals surface area (Å²) in [6.07, 6.45) is 13.0. The molecule has 5 nitrogen and oxygen atoms in total. The van der Waals surface area contributed by atoms with Gasteiger partial charge in [0, 0.05) is 30.6 Å². The number of carbonyl (C=O) groups excluding carboxylic acids is 2. The topological polar surface area (TPSA) is 52.7 Å². The molecule has 0 saturated carbocycles. The van der Waals surface area contributed by atoms with Gasteiger partial charge in [0.05, 0.1) is 15.6 Å². The lowest BCUT2D eigenvalue weighted by Gasteiger charge is -2.20. The number of nitrogens with zero attached hydrogens (tertiary/aromatic N) is 2. The zero-order valence-electron chi connectivity index (χ0n) is 19.3. The van der Waals surface area contributed by atoms with Crippen molar-refractivity contribution in [3.8, 4) is 0 Å². The maximum Gasteiger partial charge on any atom is 0.266 e. The Bertz CT molecular complexity index is 987. The highest BCUT2D eigenvalue weighted by Crippen LogP contribution is 2.47. The molecular weight excluding hydrogens is 470 g/mol. The molecule has 2 heterocycles. The van der Waals surface area contributed by atoms with Crippen molar-refractivity contribution >= 4 is 63.3 Å². The first kappa shape index (κ1) is 25.6. The van der Waals surface area contributed by atoms with Crippen LogP contribution in [0.1, 0.15) is 52.4 Å². The van der Waals surface area contributed by atoms with E-state index in [9.17, 15) is 9.59 Å². The molecule has 0 spiro atoms. The summed E-state index contributed by atoms with van der Waals surface area (Å²) in [7, 11) is 0. The van der Waals surface area contributed by atoms with Gasteiger partial charge < -0.3 is 10.2 Å². The SMILES string of the molecule is C=CCN1C(=O)C(=CC=C2Sc3cc(NC(C)=O)ccc3N2CCCCCCCC)SC1=S. The van der Waals surface area contributed by atoms with Crippen LogP contribution in [0.15, 0.2) is 57.8 Å². The fourth-order valence-corrected chi connectivity index (χ4v) is 6.08. The molecule has 1 saturated heterocycles. The molecule has 0 aromatic heterocycles. The minimum Gasteiger partial charge on any atom is -0.335 e. The molecule has 0 unspecified atom stereocenters. The second kappa shape index (κ2) is 12.4. The van der Waals surface area contributed by atoms with Crippen LogP contribution in [-0.4, -0.2) is 34.1 Å². The van der Waals surface area contributed by atoms with Crippen molar-refractivity contribution in [3.63, 3.8) is 0 Å². The summed E-state index contributed by atoms with van der Waals surface area (Å²) in [5.41, 5.74) is 1.93. The van der Waals surface area contributed by atoms with Gasteiger partial charge in [-0.3, -0.25) is 14.5 Å². The van der Waals surface area contributed by atoms with Gasteiger partial charge in [-0.25, -0.2) is 0 Å². The molecule has 1 fully saturated rings. The summed E-state index contributed by atoms with van der Waals surface area (Å²) in [6, 6.07) is 6.02. The van der Waals surface area contributed by atoms with Gasteiger partial charge in [0.25, 0.3) is 5.91 Å². The number of hydrogen-bond acceptors (Lipinski definition) is 6. The van der Waals surface area contributed by atoms with E-state index in [1.54, 1.807) is 22.7 Å². The van der Waals surface area contributed by atoms with Crippen LogP contribution in [0.25, 0.3) is 0 Å². The Morgan fingerprint density at radius 3 is 2.61 bits per heavy atom. The average Bonchev–Trinajstić information content (AvgIpc) is 3.25. The lowest BCUT2D eigenvalue weighted by molar-refractivity contribution is -0.121. The van der Waals surface area contributed by atoms with Gasteiger partial charge in [-0.05, 0) is 36.8 Å². The van der Waals surface area contributed by atoms with E-state index in [0.29, 0.717) is 15.8 Å². The van der Waals surface area contributed by atoms with Crippen molar-refractivity contribution in [2.75, 3.05) is 23.3 Å². The Balaban J connectivity index is 1.78. The molecule has 1 aromatic rings. The van der Waals surface area contributed by atoms with Crippen LogP contribution in [0.2, 0.25) is 0 Å². The van der Waals surface area contributed by atoms with E-state index in [1.165, 1.54) is 50.8 Å². The molecule has 0 radical (unpaired) electrons. The third kappa shape index (κ3) is 6.74. The van der Waals surface area contributed by atoms with Crippen LogP contribution in [0, 0.1) is 0 Å². The number of thiocarbonyl (C=S) groups is 1. The summed E-state index contributed by atoms with van der Waals surface area (Å²) in [5, 5.41) is 3.94. The molecule has 3 rings (SSSR count). The van der Waals surface area contributed by atoms with Gasteiger partial charge in [0.2, 0.25) is 5.91 Å². The minimum atomic E-state index is -0.0841. The fourth-order valence-electron chi connectivity index (χ4n) is 3.74. The van der Waals surface area contributed by atoms with E-state index in [4.69, 9.17) is 12.2 Å². The monoisotopic (exact) mass is 501 g/mol. The minimum absolute atomic E-state index is 0.0716. The number of nitrogens with one attached hydrogen (secondary N) is 1. The molecular formula is C25H31N3O2S3. The number of unbranched alkanes of at least 4 members (excludes halogenated alkanes) is 5. The molecule has 2 amide bonds. The van der Waals surface area contributed by atoms with Gasteiger partial charge >= 0.3 is 0 Å². The van der Waals surface area contributed by atoms with Crippen LogP contribution in [0.4, 0.5) is 11.4 Å². The fraction of sp³-hybridized carbons (Fsp3) is 0.400. The highest BCUT2D eigenvalue weighted by atomic mass is 32.2. The summed E-state index contributed by atoms with van der Waals surface area (Å²) >= 11 is 8.34. The summed E-state index contributed by atoms with van der Waals surface area (Å²) in [4.78, 5) is 29.8. The molecule has 0 atom stereocenters. The van der Waals surface area contributed by atoms with Crippen LogP contribution in [-0.2, 0) is 9.59 Å². The van der Waals surface area contributed by atoms with Gasteiger partial charge in [0.1, 0.15) is 4.32 Å². The highest BCUT2D eigenvalue weighted by Gasteiger charge is 2.31. The van der Waals surface area contributed by atoms with Crippen molar-refractivity contribution in [2.24, 2.45) is 0 Å². The molecule has 33 heavy (non-hydrogen) atoms. The van der Waals surface area contributed by atoms with Gasteiger partial charge in [-0.1, -0.05) is 80.8 Å². The van der Waals surface area contributed by atoms with E-state index < -0.39 is 0 Å². The van der Waals surface area contributed by atoms with E-state index in [0.717, 1.165) is 34.3 Å². The average molecular weight is 502 g/mol. The van der Waals surface area contributed by atoms with E-state index in [1.807, 2.05) is 24.3 Å². The van der Waals surface area contributed by atoms with Gasteiger partial charge in [-0.15, -0.1) is 6.58 Å². The number of carbonyl (C=O) groups is 2. The van der Waals surface area contributed by atoms with E-state index >= 15 is 0 Å². The molecule has 8 heteroatoms. The molecule has 176 valence electrons. The first-order valence-corrected chi connectivity index (χ1v) is 13.4. The van der Waals surface area contributed by atoms with Crippen molar-refractivity contribution in [1.29, 1.82) is 0 Å². The molecule has 0 aliphatic carbocycles. The number of amides is 2. The second-order valence-corrected chi connectivity index (χ2v) is 10.7. The van der Waals surface area contributed by atoms with Crippen LogP contribution in [0.5, 0.6) is 0 Å². The molecule has 2 aliphatic heterocycles. The largest absolute Gasteiger partial charge is 0.335 e. The number of fused-ring (bicyclic) bond motifs is 1. The Kier molecular flexibility index (Phi) is 9.64. The maximum atomic E-state index is 12.7. The van der Waals surface area contributed by atoms with Crippen LogP contribution < -0.4 is 10.2 Å². The second-order valence-electron chi connectivity index (χ2n) is 7.99. The third-order valence-electron chi connectivity index (χ3n) is 5.35. The van der Waals surface area contributed by atoms with E-state index in [-0.39, 0.29) is 11.8 Å². The smallest absolute Gasteiger partial charge is 0.266 e. The van der Waals surface area contributed by atoms with Crippen molar-refractivity contribution in [3.05, 3.63) is 52.9 Å². The zero-order chi connectivity index (χ0) is 23.8. The Morgan fingerprint density at radius 2 is 1.88 bits per heavy atom. The van der Waals surface area contributed by atoms with E-state index in [2.05, 4.69) is 29.8 Å². The molecule has 2 aliphatic rings. The number of rotatable bonds is 11. The van der Waals surface area contributed by atoms with Crippen molar-refractivity contribution in [2.45, 2.75) is 57.3 Å². The Morgan fingerprint density at radius 1 is 1.12 bits per heavy atom. The number of benzene rings is 1. The lowest BCUT2D eigenvalue weighted by Crippen LogP contribution is -2.27. The Labute approximate surface area is 210 Å². The molecule has 1 aromatic carbocycles. The normalized spacial score (nSPS) is 17.9. The number of anilines is 2. The Hall–Kier alpha value is -2.03. The van der Waals surface area contributed by atoms with Gasteiger partial charge in [0.15, 0.2) is 0 Å². The van der Waals surface area contributed by atoms with Crippen LogP contribution >= 0.6 is 35.7 Å². The molecule has 0 bridgehead atoms. The predicted molar refractivity (Wildman–Crippen MR) is 146 cm³/mol. The van der Waals surface area contributed by atoms with Crippen molar-refractivity contribution < 1.29 is 9.59 Å². The van der Waals surface area contributed by atoms with Crippen molar-refractivity contribution in [1.82, 2.24) is 4.90 Å². The summed E-state index contributed by atoms with van der Waals surface area (Å²) in [6.45, 7) is 8.80. The summed E-state index contributed by atoms with van der Waals surface area (Å²) < 4.78 is 0.566. The highest BCUT2D eigenvalue weighted by molar-refractivity contribution is 8.26. The first-order chi connectivity index (χ1) is 15.9. The first-order valence-electron chi connectivity index (χ1n) is 11.4. The predicted octanol–water partition coefficient (Wildman–Crippen LogP) is 6.69. The maximum absolute atomic E-state index is 12.7. The summed E-state index contributed by atoms with van der Waals surface area (Å²) in [5.74, 6) is -0.156. The van der Waals surface area contributed by atoms with Crippen LogP contribution in [0.3, 0.4) is 0 Å². The quantitative estimate of drug-likeness (QED) is 0.158. The number of allylic oxidation sites excluding steroid dienone is 2. The third-order valence-corrected chi connectivity index (χ3v) is 7.86. The molecule has 1 N–H and O–H groups in total. The lowest BCUT2D eigenvalue weighted by atomic mass is 10.1. The number of thioether (sulfide) groups is 2. The number of hydrogen-bond donors (Lipinski definition) is 1. The zero-order valence-corrected chi connectivity index (χ0v) is 21.7. The standard InChI is InChI=1S/C25H31N3O2S3/c1-4-6-7-8-9-10-16-27-20-12-11-19(26-18(3)29)17-22(20)32-23(27)14-13-21-24(30)28(15-5-2)25(31)33-21/h5,11-14,17H,2,4,6-10,15-16H2,1,3H3,(H,26,29). The van der Waals surface area contributed by atoms with Gasteiger partial charge in [-0.2, -0.15) is 0 Å².